The van der Waals surface area contributed by atoms with Crippen LogP contribution >= 0.6 is 0 Å². The Morgan fingerprint density at radius 1 is 1.33 bits per heavy atom. The molecule has 0 aliphatic heterocycles. The van der Waals surface area contributed by atoms with Gasteiger partial charge in [-0.25, -0.2) is 9.78 Å². The van der Waals surface area contributed by atoms with E-state index in [9.17, 15) is 0 Å². The molecule has 0 spiro atoms. The molecular weight excluding hydrogens is 164 g/mol. The first-order valence-electron chi connectivity index (χ1n) is 3.83. The van der Waals surface area contributed by atoms with E-state index >= 15 is 0 Å². The monoisotopic (exact) mass is 180 g/mol. The zero-order valence-electron chi connectivity index (χ0n) is 7.23. The molecule has 5 nitrogen and oxygen atoms in total. The van der Waals surface area contributed by atoms with Crippen molar-refractivity contribution in [2.24, 2.45) is 0 Å². The van der Waals surface area contributed by atoms with Crippen LogP contribution < -0.4 is 0 Å². The first-order valence-corrected chi connectivity index (χ1v) is 3.83. The molecule has 0 rings (SSSR count). The molecule has 0 bridgehead atoms. The van der Waals surface area contributed by atoms with E-state index in [1.54, 1.807) is 0 Å². The highest BCUT2D eigenvalue weighted by atomic mass is 17.2. The third kappa shape index (κ3) is 7.90. The maximum absolute atomic E-state index is 9.16. The molecule has 0 aromatic carbocycles. The van der Waals surface area contributed by atoms with Crippen molar-refractivity contribution in [3.05, 3.63) is 0 Å². The molecule has 1 atom stereocenters. The summed E-state index contributed by atoms with van der Waals surface area (Å²) in [7, 11) is 1.41. The van der Waals surface area contributed by atoms with Crippen LogP contribution in [0.1, 0.15) is 6.42 Å². The van der Waals surface area contributed by atoms with Crippen molar-refractivity contribution in [1.29, 1.82) is 0 Å². The van der Waals surface area contributed by atoms with Crippen LogP contribution in [0, 0.1) is 0 Å². The maximum atomic E-state index is 9.16. The summed E-state index contributed by atoms with van der Waals surface area (Å²) >= 11 is 0. The molecule has 5 heteroatoms. The van der Waals surface area contributed by atoms with Crippen LogP contribution in [0.5, 0.6) is 0 Å². The second kappa shape index (κ2) is 8.89. The van der Waals surface area contributed by atoms with E-state index in [2.05, 4.69) is 9.78 Å². The molecule has 0 aliphatic carbocycles. The van der Waals surface area contributed by atoms with Gasteiger partial charge in [0.25, 0.3) is 0 Å². The quantitative estimate of drug-likeness (QED) is 0.294. The van der Waals surface area contributed by atoms with Gasteiger partial charge < -0.3 is 14.9 Å². The van der Waals surface area contributed by atoms with E-state index in [0.717, 1.165) is 0 Å². The second-order valence-electron chi connectivity index (χ2n) is 2.23. The zero-order chi connectivity index (χ0) is 9.23. The van der Waals surface area contributed by atoms with Gasteiger partial charge in [-0.1, -0.05) is 0 Å². The molecule has 2 N–H and O–H groups in total. The first-order chi connectivity index (χ1) is 5.81. The molecule has 0 radical (unpaired) electrons. The molecule has 0 saturated heterocycles. The van der Waals surface area contributed by atoms with E-state index in [-0.39, 0.29) is 19.8 Å². The summed E-state index contributed by atoms with van der Waals surface area (Å²) < 4.78 is 4.88. The lowest BCUT2D eigenvalue weighted by Crippen LogP contribution is -2.18. The molecule has 0 saturated carbocycles. The van der Waals surface area contributed by atoms with Crippen molar-refractivity contribution in [3.63, 3.8) is 0 Å². The number of aliphatic hydroxyl groups is 2. The first kappa shape index (κ1) is 11.8. The van der Waals surface area contributed by atoms with Crippen LogP contribution in [0.2, 0.25) is 0 Å². The summed E-state index contributed by atoms with van der Waals surface area (Å²) in [6, 6.07) is 0. The Morgan fingerprint density at radius 3 is 2.67 bits per heavy atom. The van der Waals surface area contributed by atoms with Crippen LogP contribution in [0.3, 0.4) is 0 Å². The van der Waals surface area contributed by atoms with Gasteiger partial charge in [0.15, 0.2) is 0 Å². The molecule has 0 fully saturated rings. The van der Waals surface area contributed by atoms with Crippen molar-refractivity contribution >= 4 is 0 Å². The lowest BCUT2D eigenvalue weighted by Gasteiger charge is -2.09. The largest absolute Gasteiger partial charge is 0.394 e. The number of aliphatic hydroxyl groups excluding tert-OH is 2. The third-order valence-corrected chi connectivity index (χ3v) is 1.20. The van der Waals surface area contributed by atoms with Gasteiger partial charge in [-0.05, 0) is 0 Å². The molecule has 0 heterocycles. The number of ether oxygens (including phenoxy) is 1. The molecule has 0 aliphatic rings. The molecule has 12 heavy (non-hydrogen) atoms. The number of hydrogen-bond donors (Lipinski definition) is 2. The average Bonchev–Trinajstić information content (AvgIpc) is 2.06. The molecule has 74 valence electrons. The Hall–Kier alpha value is -0.200. The van der Waals surface area contributed by atoms with E-state index in [0.29, 0.717) is 13.0 Å². The Morgan fingerprint density at radius 2 is 2.08 bits per heavy atom. The highest BCUT2D eigenvalue weighted by Gasteiger charge is 2.03. The summed E-state index contributed by atoms with van der Waals surface area (Å²) in [5, 5.41) is 17.5. The molecule has 0 amide bonds. The Kier molecular flexibility index (Phi) is 8.74. The lowest BCUT2D eigenvalue weighted by molar-refractivity contribution is -0.275. The van der Waals surface area contributed by atoms with Crippen LogP contribution in [0.4, 0.5) is 0 Å². The highest BCUT2D eigenvalue weighted by molar-refractivity contribution is 4.51. The second-order valence-corrected chi connectivity index (χ2v) is 2.23. The minimum Gasteiger partial charge on any atom is -0.394 e. The number of hydrogen-bond acceptors (Lipinski definition) is 5. The Labute approximate surface area is 71.8 Å². The van der Waals surface area contributed by atoms with Crippen molar-refractivity contribution in [2.75, 3.05) is 33.5 Å². The van der Waals surface area contributed by atoms with E-state index in [4.69, 9.17) is 14.9 Å². The van der Waals surface area contributed by atoms with Gasteiger partial charge in [0, 0.05) is 6.42 Å². The highest BCUT2D eigenvalue weighted by Crippen LogP contribution is 1.93. The van der Waals surface area contributed by atoms with Crippen molar-refractivity contribution in [1.82, 2.24) is 0 Å². The predicted octanol–water partition coefficient (Wildman–Crippen LogP) is -0.676. The van der Waals surface area contributed by atoms with Crippen LogP contribution in [-0.2, 0) is 14.5 Å². The molecular formula is C7H16O5. The summed E-state index contributed by atoms with van der Waals surface area (Å²) in [4.78, 5) is 8.87. The third-order valence-electron chi connectivity index (χ3n) is 1.20. The van der Waals surface area contributed by atoms with E-state index in [1.807, 2.05) is 0 Å². The van der Waals surface area contributed by atoms with Gasteiger partial charge in [0.1, 0.15) is 0 Å². The Balaban J connectivity index is 3.04. The van der Waals surface area contributed by atoms with Crippen LogP contribution in [-0.4, -0.2) is 49.9 Å². The van der Waals surface area contributed by atoms with Gasteiger partial charge in [-0.15, -0.1) is 0 Å². The van der Waals surface area contributed by atoms with Crippen LogP contribution in [0.25, 0.3) is 0 Å². The summed E-state index contributed by atoms with van der Waals surface area (Å²) in [5.41, 5.74) is 0. The van der Waals surface area contributed by atoms with Crippen LogP contribution in [0.15, 0.2) is 0 Å². The molecule has 1 unspecified atom stereocenters. The minimum atomic E-state index is -0.563. The predicted molar refractivity (Wildman–Crippen MR) is 41.5 cm³/mol. The smallest absolute Gasteiger partial charge is 0.0847 e. The minimum absolute atomic E-state index is 0.0265. The molecule has 0 aromatic rings. The standard InChI is InChI=1S/C7H16O5/c1-10-12-4-2-7(9)6-11-5-3-8/h7-9H,2-6H2,1H3. The SMILES string of the molecule is COOCCC(O)COCCO. The normalized spacial score (nSPS) is 13.2. The average molecular weight is 180 g/mol. The van der Waals surface area contributed by atoms with Crippen molar-refractivity contribution in [3.8, 4) is 0 Å². The summed E-state index contributed by atoms with van der Waals surface area (Å²) in [6.07, 6.45) is -0.106. The van der Waals surface area contributed by atoms with E-state index in [1.165, 1.54) is 7.11 Å². The topological polar surface area (TPSA) is 68.2 Å². The zero-order valence-corrected chi connectivity index (χ0v) is 7.23. The Bertz CT molecular complexity index is 77.9. The number of rotatable bonds is 8. The van der Waals surface area contributed by atoms with E-state index < -0.39 is 6.10 Å². The van der Waals surface area contributed by atoms with Gasteiger partial charge in [-0.3, -0.25) is 0 Å². The van der Waals surface area contributed by atoms with Crippen molar-refractivity contribution in [2.45, 2.75) is 12.5 Å². The fourth-order valence-electron chi connectivity index (χ4n) is 0.635. The summed E-state index contributed by atoms with van der Waals surface area (Å²) in [6.45, 7) is 0.775. The summed E-state index contributed by atoms with van der Waals surface area (Å²) in [5.74, 6) is 0. The van der Waals surface area contributed by atoms with Gasteiger partial charge >= 0.3 is 0 Å². The lowest BCUT2D eigenvalue weighted by atomic mass is 10.3. The fourth-order valence-corrected chi connectivity index (χ4v) is 0.635. The fraction of sp³-hybridized carbons (Fsp3) is 1.00. The molecule has 0 aromatic heterocycles. The van der Waals surface area contributed by atoms with Gasteiger partial charge in [-0.2, -0.15) is 0 Å². The van der Waals surface area contributed by atoms with Crippen molar-refractivity contribution < 1.29 is 24.7 Å². The maximum Gasteiger partial charge on any atom is 0.0847 e. The van der Waals surface area contributed by atoms with Gasteiger partial charge in [0.05, 0.1) is 39.6 Å². The van der Waals surface area contributed by atoms with Gasteiger partial charge in [0.2, 0.25) is 0 Å².